The van der Waals surface area contributed by atoms with Gasteiger partial charge in [-0.05, 0) is 32.6 Å². The first-order chi connectivity index (χ1) is 7.12. The van der Waals surface area contributed by atoms with Crippen molar-refractivity contribution in [2.24, 2.45) is 5.41 Å². The van der Waals surface area contributed by atoms with Crippen LogP contribution in [0, 0.1) is 5.41 Å². The van der Waals surface area contributed by atoms with Gasteiger partial charge in [-0.15, -0.1) is 6.58 Å². The summed E-state index contributed by atoms with van der Waals surface area (Å²) in [6.45, 7) is 8.46. The fourth-order valence-corrected chi connectivity index (χ4v) is 2.50. The fraction of sp³-hybridized carbons (Fsp3) is 0.846. The zero-order valence-electron chi connectivity index (χ0n) is 10.1. The molecule has 0 amide bonds. The van der Waals surface area contributed by atoms with Gasteiger partial charge >= 0.3 is 0 Å². The van der Waals surface area contributed by atoms with Crippen molar-refractivity contribution in [2.75, 3.05) is 6.61 Å². The topological polar surface area (TPSA) is 32.3 Å². The molecule has 2 N–H and O–H groups in total. The molecule has 15 heavy (non-hydrogen) atoms. The van der Waals surface area contributed by atoms with E-state index in [9.17, 15) is 5.11 Å². The fourth-order valence-electron chi connectivity index (χ4n) is 2.50. The van der Waals surface area contributed by atoms with Crippen molar-refractivity contribution in [2.45, 2.75) is 58.0 Å². The molecule has 0 aromatic rings. The van der Waals surface area contributed by atoms with Crippen LogP contribution in [0.25, 0.3) is 0 Å². The molecule has 0 unspecified atom stereocenters. The molecule has 2 heteroatoms. The van der Waals surface area contributed by atoms with E-state index >= 15 is 0 Å². The quantitative estimate of drug-likeness (QED) is 0.662. The predicted octanol–water partition coefficient (Wildman–Crippen LogP) is 2.48. The lowest BCUT2D eigenvalue weighted by molar-refractivity contribution is 0.114. The molecule has 2 nitrogen and oxygen atoms in total. The molecule has 1 aliphatic rings. The SMILES string of the molecule is C=CCC[C@H](C)N[C@H]1CCC[C@]1(C)CO. The standard InChI is InChI=1S/C13H25NO/c1-4-5-7-11(2)14-12-8-6-9-13(12,3)10-15/h4,11-12,14-15H,1,5-10H2,2-3H3/t11-,12-,13+/m0/s1. The second kappa shape index (κ2) is 5.66. The highest BCUT2D eigenvalue weighted by Crippen LogP contribution is 2.37. The number of aliphatic hydroxyl groups is 1. The second-order valence-corrected chi connectivity index (χ2v) is 5.19. The monoisotopic (exact) mass is 211 g/mol. The zero-order valence-corrected chi connectivity index (χ0v) is 10.1. The van der Waals surface area contributed by atoms with Crippen molar-refractivity contribution in [1.82, 2.24) is 5.32 Å². The normalized spacial score (nSPS) is 32.9. The maximum Gasteiger partial charge on any atom is 0.0499 e. The maximum absolute atomic E-state index is 9.43. The van der Waals surface area contributed by atoms with E-state index in [2.05, 4.69) is 25.7 Å². The summed E-state index contributed by atoms with van der Waals surface area (Å²) in [6, 6.07) is 1.01. The third-order valence-electron chi connectivity index (χ3n) is 3.73. The number of hydrogen-bond donors (Lipinski definition) is 2. The van der Waals surface area contributed by atoms with Gasteiger partial charge in [0.15, 0.2) is 0 Å². The Morgan fingerprint density at radius 2 is 2.40 bits per heavy atom. The lowest BCUT2D eigenvalue weighted by Gasteiger charge is -2.32. The summed E-state index contributed by atoms with van der Waals surface area (Å²) < 4.78 is 0. The summed E-state index contributed by atoms with van der Waals surface area (Å²) in [5.74, 6) is 0. The molecule has 0 aromatic heterocycles. The molecular weight excluding hydrogens is 186 g/mol. The van der Waals surface area contributed by atoms with Gasteiger partial charge in [0, 0.05) is 24.1 Å². The average Bonchev–Trinajstić information content (AvgIpc) is 2.58. The number of rotatable bonds is 6. The molecule has 0 heterocycles. The van der Waals surface area contributed by atoms with Crippen LogP contribution < -0.4 is 5.32 Å². The van der Waals surface area contributed by atoms with Crippen LogP contribution in [-0.4, -0.2) is 23.8 Å². The van der Waals surface area contributed by atoms with Crippen LogP contribution in [0.3, 0.4) is 0 Å². The van der Waals surface area contributed by atoms with Crippen LogP contribution in [0.4, 0.5) is 0 Å². The molecule has 0 bridgehead atoms. The van der Waals surface area contributed by atoms with Gasteiger partial charge in [-0.1, -0.05) is 19.4 Å². The highest BCUT2D eigenvalue weighted by atomic mass is 16.3. The van der Waals surface area contributed by atoms with E-state index in [1.165, 1.54) is 12.8 Å². The minimum absolute atomic E-state index is 0.0996. The summed E-state index contributed by atoms with van der Waals surface area (Å²) in [4.78, 5) is 0. The first-order valence-corrected chi connectivity index (χ1v) is 6.10. The third kappa shape index (κ3) is 3.32. The van der Waals surface area contributed by atoms with E-state index < -0.39 is 0 Å². The van der Waals surface area contributed by atoms with Gasteiger partial charge in [-0.3, -0.25) is 0 Å². The first-order valence-electron chi connectivity index (χ1n) is 6.10. The van der Waals surface area contributed by atoms with Gasteiger partial charge in [0.25, 0.3) is 0 Å². The maximum atomic E-state index is 9.43. The number of nitrogens with one attached hydrogen (secondary N) is 1. The second-order valence-electron chi connectivity index (χ2n) is 5.19. The van der Waals surface area contributed by atoms with Crippen molar-refractivity contribution in [3.63, 3.8) is 0 Å². The van der Waals surface area contributed by atoms with Gasteiger partial charge in [-0.25, -0.2) is 0 Å². The molecule has 88 valence electrons. The molecule has 1 saturated carbocycles. The van der Waals surface area contributed by atoms with E-state index in [-0.39, 0.29) is 5.41 Å². The number of allylic oxidation sites excluding steroid dienone is 1. The molecule has 0 aliphatic heterocycles. The largest absolute Gasteiger partial charge is 0.396 e. The predicted molar refractivity (Wildman–Crippen MR) is 64.9 cm³/mol. The first kappa shape index (κ1) is 12.7. The Morgan fingerprint density at radius 3 is 3.00 bits per heavy atom. The summed E-state index contributed by atoms with van der Waals surface area (Å²) in [5, 5.41) is 13.1. The van der Waals surface area contributed by atoms with Gasteiger partial charge in [-0.2, -0.15) is 0 Å². The van der Waals surface area contributed by atoms with Crippen LogP contribution in [0.5, 0.6) is 0 Å². The van der Waals surface area contributed by atoms with Crippen LogP contribution in [0.1, 0.15) is 46.0 Å². The summed E-state index contributed by atoms with van der Waals surface area (Å²) in [5.41, 5.74) is 0.0996. The minimum atomic E-state index is 0.0996. The molecule has 0 spiro atoms. The Bertz CT molecular complexity index is 205. The van der Waals surface area contributed by atoms with Crippen LogP contribution >= 0.6 is 0 Å². The molecule has 3 atom stereocenters. The summed E-state index contributed by atoms with van der Waals surface area (Å²) in [7, 11) is 0. The van der Waals surface area contributed by atoms with Gasteiger partial charge < -0.3 is 10.4 Å². The molecular formula is C13H25NO. The Hall–Kier alpha value is -0.340. The highest BCUT2D eigenvalue weighted by Gasteiger charge is 2.38. The van der Waals surface area contributed by atoms with E-state index in [4.69, 9.17) is 0 Å². The van der Waals surface area contributed by atoms with Crippen molar-refractivity contribution < 1.29 is 5.11 Å². The van der Waals surface area contributed by atoms with Crippen molar-refractivity contribution in [3.8, 4) is 0 Å². The molecule has 0 saturated heterocycles. The Balaban J connectivity index is 2.39. The Morgan fingerprint density at radius 1 is 1.67 bits per heavy atom. The van der Waals surface area contributed by atoms with E-state index in [1.807, 2.05) is 6.08 Å². The summed E-state index contributed by atoms with van der Waals surface area (Å²) >= 11 is 0. The zero-order chi connectivity index (χ0) is 11.3. The molecule has 1 fully saturated rings. The Labute approximate surface area is 93.8 Å². The third-order valence-corrected chi connectivity index (χ3v) is 3.73. The van der Waals surface area contributed by atoms with Crippen LogP contribution in [-0.2, 0) is 0 Å². The molecule has 0 radical (unpaired) electrons. The van der Waals surface area contributed by atoms with Gasteiger partial charge in [0.05, 0.1) is 0 Å². The van der Waals surface area contributed by atoms with E-state index in [1.54, 1.807) is 0 Å². The van der Waals surface area contributed by atoms with Crippen molar-refractivity contribution in [1.29, 1.82) is 0 Å². The van der Waals surface area contributed by atoms with E-state index in [0.29, 0.717) is 18.7 Å². The number of hydrogen-bond acceptors (Lipinski definition) is 2. The van der Waals surface area contributed by atoms with Crippen LogP contribution in [0.15, 0.2) is 12.7 Å². The highest BCUT2D eigenvalue weighted by molar-refractivity contribution is 4.94. The molecule has 1 aliphatic carbocycles. The van der Waals surface area contributed by atoms with Gasteiger partial charge in [0.2, 0.25) is 0 Å². The summed E-state index contributed by atoms with van der Waals surface area (Å²) in [6.07, 6.45) is 7.77. The molecule has 0 aromatic carbocycles. The number of aliphatic hydroxyl groups excluding tert-OH is 1. The minimum Gasteiger partial charge on any atom is -0.396 e. The Kier molecular flexibility index (Phi) is 4.81. The van der Waals surface area contributed by atoms with E-state index in [0.717, 1.165) is 19.3 Å². The van der Waals surface area contributed by atoms with Gasteiger partial charge in [0.1, 0.15) is 0 Å². The lowest BCUT2D eigenvalue weighted by Crippen LogP contribution is -2.45. The van der Waals surface area contributed by atoms with Crippen molar-refractivity contribution >= 4 is 0 Å². The van der Waals surface area contributed by atoms with Crippen molar-refractivity contribution in [3.05, 3.63) is 12.7 Å². The lowest BCUT2D eigenvalue weighted by atomic mass is 9.85. The van der Waals surface area contributed by atoms with Crippen LogP contribution in [0.2, 0.25) is 0 Å². The average molecular weight is 211 g/mol. The molecule has 1 rings (SSSR count). The smallest absolute Gasteiger partial charge is 0.0499 e.